The first-order valence-corrected chi connectivity index (χ1v) is 6.93. The van der Waals surface area contributed by atoms with Crippen molar-refractivity contribution in [2.45, 2.75) is 37.7 Å². The van der Waals surface area contributed by atoms with Crippen LogP contribution in [-0.2, 0) is 24.3 Å². The van der Waals surface area contributed by atoms with Crippen LogP contribution in [0.3, 0.4) is 0 Å². The lowest BCUT2D eigenvalue weighted by Gasteiger charge is -2.27. The molecule has 0 fully saturated rings. The largest absolute Gasteiger partial charge is 0.480 e. The summed E-state index contributed by atoms with van der Waals surface area (Å²) < 4.78 is 29.6. The first-order chi connectivity index (χ1) is 8.30. The van der Waals surface area contributed by atoms with Crippen LogP contribution >= 0.6 is 0 Å². The molecule has 2 atom stereocenters. The van der Waals surface area contributed by atoms with E-state index >= 15 is 0 Å². The number of nitrogens with zero attached hydrogens (tertiary/aromatic N) is 1. The summed E-state index contributed by atoms with van der Waals surface area (Å²) in [6.45, 7) is 4.61. The van der Waals surface area contributed by atoms with Crippen molar-refractivity contribution in [2.75, 3.05) is 14.1 Å². The second kappa shape index (κ2) is 5.85. The fraction of sp³-hybridized carbons (Fsp3) is 0.800. The molecule has 0 amide bonds. The number of ether oxygens (including phenoxy) is 1. The molecule has 0 radical (unpaired) electrons. The summed E-state index contributed by atoms with van der Waals surface area (Å²) >= 11 is 0. The van der Waals surface area contributed by atoms with Crippen LogP contribution < -0.4 is 5.73 Å². The van der Waals surface area contributed by atoms with Gasteiger partial charge < -0.3 is 15.6 Å². The molecule has 8 nitrogen and oxygen atoms in total. The lowest BCUT2D eigenvalue weighted by molar-refractivity contribution is -0.157. The number of sulfonamides is 1. The highest BCUT2D eigenvalue weighted by molar-refractivity contribution is 7.90. The molecule has 0 aromatic rings. The third-order valence-corrected chi connectivity index (χ3v) is 4.23. The highest BCUT2D eigenvalue weighted by Gasteiger charge is 2.45. The molecule has 0 aromatic carbocycles. The number of aliphatic carboxylic acids is 1. The molecule has 0 saturated carbocycles. The quantitative estimate of drug-likeness (QED) is 0.623. The van der Waals surface area contributed by atoms with Gasteiger partial charge >= 0.3 is 11.9 Å². The van der Waals surface area contributed by atoms with E-state index in [1.807, 2.05) is 0 Å². The van der Waals surface area contributed by atoms with E-state index in [0.29, 0.717) is 0 Å². The smallest absolute Gasteiger partial charge is 0.328 e. The Balaban J connectivity index is 5.56. The maximum absolute atomic E-state index is 12.0. The fourth-order valence-electron chi connectivity index (χ4n) is 1.17. The Morgan fingerprint density at radius 1 is 1.26 bits per heavy atom. The van der Waals surface area contributed by atoms with Gasteiger partial charge in [-0.05, 0) is 20.8 Å². The molecule has 3 N–H and O–H groups in total. The zero-order valence-corrected chi connectivity index (χ0v) is 12.4. The Labute approximate surface area is 112 Å². The Morgan fingerprint density at radius 3 is 1.95 bits per heavy atom. The van der Waals surface area contributed by atoms with E-state index in [0.717, 1.165) is 4.31 Å². The Hall–Kier alpha value is -1.19. The zero-order chi connectivity index (χ0) is 15.6. The molecule has 0 aliphatic heterocycles. The summed E-state index contributed by atoms with van der Waals surface area (Å²) in [6.07, 6.45) is 0. The number of carboxylic acid groups (broad SMARTS) is 1. The molecule has 19 heavy (non-hydrogen) atoms. The normalized spacial score (nSPS) is 15.9. The molecule has 112 valence electrons. The van der Waals surface area contributed by atoms with E-state index in [-0.39, 0.29) is 0 Å². The van der Waals surface area contributed by atoms with Crippen LogP contribution in [-0.4, -0.2) is 60.8 Å². The molecule has 0 saturated heterocycles. The molecule has 0 spiro atoms. The summed E-state index contributed by atoms with van der Waals surface area (Å²) in [5.74, 6) is -2.78. The minimum Gasteiger partial charge on any atom is -0.480 e. The number of carbonyl (C=O) groups is 2. The second-order valence-electron chi connectivity index (χ2n) is 5.15. The third kappa shape index (κ3) is 4.77. The van der Waals surface area contributed by atoms with E-state index < -0.39 is 38.9 Å². The summed E-state index contributed by atoms with van der Waals surface area (Å²) in [5.41, 5.74) is 4.35. The first kappa shape index (κ1) is 17.8. The van der Waals surface area contributed by atoms with Gasteiger partial charge in [0.25, 0.3) is 0 Å². The average molecular weight is 296 g/mol. The Bertz CT molecular complexity index is 451. The summed E-state index contributed by atoms with van der Waals surface area (Å²) in [4.78, 5) is 22.7. The van der Waals surface area contributed by atoms with Gasteiger partial charge in [-0.25, -0.2) is 12.7 Å². The molecular formula is C10H20N2O6S. The van der Waals surface area contributed by atoms with Crippen LogP contribution in [0.5, 0.6) is 0 Å². The zero-order valence-electron chi connectivity index (χ0n) is 11.6. The van der Waals surface area contributed by atoms with Crippen molar-refractivity contribution in [1.82, 2.24) is 4.31 Å². The van der Waals surface area contributed by atoms with Gasteiger partial charge in [-0.3, -0.25) is 9.59 Å². The lowest BCUT2D eigenvalue weighted by atomic mass is 10.1. The van der Waals surface area contributed by atoms with Crippen LogP contribution in [0.1, 0.15) is 20.8 Å². The van der Waals surface area contributed by atoms with Gasteiger partial charge in [-0.1, -0.05) is 0 Å². The standard InChI is InChI=1S/C10H20N2O6S/c1-10(2,3)18-9(15)7(6(11)8(13)14)19(16,17)12(4)5/h6-7H,11H2,1-5H3,(H,13,14)/t6-,7?/m0/s1. The summed E-state index contributed by atoms with van der Waals surface area (Å²) in [7, 11) is -1.84. The maximum Gasteiger partial charge on any atom is 0.328 e. The number of hydrogen-bond donors (Lipinski definition) is 2. The van der Waals surface area contributed by atoms with Gasteiger partial charge in [-0.2, -0.15) is 0 Å². The number of hydrogen-bond acceptors (Lipinski definition) is 6. The van der Waals surface area contributed by atoms with Gasteiger partial charge in [0, 0.05) is 14.1 Å². The van der Waals surface area contributed by atoms with Gasteiger partial charge in [0.1, 0.15) is 11.6 Å². The third-order valence-electron chi connectivity index (χ3n) is 2.08. The van der Waals surface area contributed by atoms with E-state index in [4.69, 9.17) is 15.6 Å². The monoisotopic (exact) mass is 296 g/mol. The number of carboxylic acids is 1. The molecule has 0 aromatic heterocycles. The van der Waals surface area contributed by atoms with Crippen molar-refractivity contribution in [3.63, 3.8) is 0 Å². The van der Waals surface area contributed by atoms with Crippen LogP contribution in [0, 0.1) is 0 Å². The van der Waals surface area contributed by atoms with Crippen LogP contribution in [0.15, 0.2) is 0 Å². The fourth-order valence-corrected chi connectivity index (χ4v) is 2.40. The van der Waals surface area contributed by atoms with Crippen molar-refractivity contribution in [3.8, 4) is 0 Å². The molecule has 0 heterocycles. The summed E-state index contributed by atoms with van der Waals surface area (Å²) in [5, 5.41) is 6.84. The van der Waals surface area contributed by atoms with E-state index in [1.165, 1.54) is 34.9 Å². The van der Waals surface area contributed by atoms with Crippen molar-refractivity contribution in [3.05, 3.63) is 0 Å². The van der Waals surface area contributed by atoms with E-state index in [1.54, 1.807) is 0 Å². The highest BCUT2D eigenvalue weighted by Crippen LogP contribution is 2.16. The maximum atomic E-state index is 12.0. The van der Waals surface area contributed by atoms with Crippen LogP contribution in [0.2, 0.25) is 0 Å². The average Bonchev–Trinajstić information content (AvgIpc) is 2.13. The van der Waals surface area contributed by atoms with Gasteiger partial charge in [-0.15, -0.1) is 0 Å². The van der Waals surface area contributed by atoms with Gasteiger partial charge in [0.2, 0.25) is 10.0 Å². The van der Waals surface area contributed by atoms with Gasteiger partial charge in [0.15, 0.2) is 5.25 Å². The molecule has 0 bridgehead atoms. The van der Waals surface area contributed by atoms with Crippen molar-refractivity contribution in [2.24, 2.45) is 5.73 Å². The van der Waals surface area contributed by atoms with Gasteiger partial charge in [0.05, 0.1) is 0 Å². The first-order valence-electron chi connectivity index (χ1n) is 5.43. The number of rotatable bonds is 5. The van der Waals surface area contributed by atoms with Crippen molar-refractivity contribution in [1.29, 1.82) is 0 Å². The SMILES string of the molecule is CN(C)S(=O)(=O)C(C(=O)OC(C)(C)C)[C@H](N)C(=O)O. The van der Waals surface area contributed by atoms with Crippen LogP contribution in [0.25, 0.3) is 0 Å². The second-order valence-corrected chi connectivity index (χ2v) is 7.41. The summed E-state index contributed by atoms with van der Waals surface area (Å²) in [6, 6.07) is -1.90. The molecular weight excluding hydrogens is 276 g/mol. The predicted molar refractivity (Wildman–Crippen MR) is 67.9 cm³/mol. The number of esters is 1. The minimum absolute atomic E-state index is 0.740. The highest BCUT2D eigenvalue weighted by atomic mass is 32.2. The topological polar surface area (TPSA) is 127 Å². The molecule has 9 heteroatoms. The Morgan fingerprint density at radius 2 is 1.68 bits per heavy atom. The van der Waals surface area contributed by atoms with E-state index in [9.17, 15) is 18.0 Å². The number of nitrogens with two attached hydrogens (primary N) is 1. The molecule has 0 rings (SSSR count). The van der Waals surface area contributed by atoms with Crippen molar-refractivity contribution < 1.29 is 27.9 Å². The lowest BCUT2D eigenvalue weighted by Crippen LogP contribution is -2.55. The predicted octanol–water partition coefficient (Wildman–Crippen LogP) is -1.000. The Kier molecular flexibility index (Phi) is 5.48. The molecule has 0 aliphatic rings. The minimum atomic E-state index is -4.20. The van der Waals surface area contributed by atoms with E-state index in [2.05, 4.69) is 0 Å². The van der Waals surface area contributed by atoms with Crippen molar-refractivity contribution >= 4 is 22.0 Å². The molecule has 1 unspecified atom stereocenters. The van der Waals surface area contributed by atoms with Crippen LogP contribution in [0.4, 0.5) is 0 Å². The molecule has 0 aliphatic carbocycles. The number of carbonyl (C=O) groups excluding carboxylic acids is 1.